The van der Waals surface area contributed by atoms with E-state index in [0.29, 0.717) is 12.4 Å². The first-order valence-corrected chi connectivity index (χ1v) is 9.02. The van der Waals surface area contributed by atoms with Crippen molar-refractivity contribution in [2.24, 2.45) is 0 Å². The zero-order chi connectivity index (χ0) is 18.9. The molecular formula is C19H25N5O3. The number of methoxy groups -OCH3 is 1. The Morgan fingerprint density at radius 1 is 1.22 bits per heavy atom. The molecule has 1 amide bonds. The highest BCUT2D eigenvalue weighted by Crippen LogP contribution is 2.16. The van der Waals surface area contributed by atoms with Gasteiger partial charge < -0.3 is 20.1 Å². The van der Waals surface area contributed by atoms with E-state index in [2.05, 4.69) is 25.5 Å². The van der Waals surface area contributed by atoms with E-state index in [9.17, 15) is 4.79 Å². The summed E-state index contributed by atoms with van der Waals surface area (Å²) in [6.07, 6.45) is 3.06. The van der Waals surface area contributed by atoms with Crippen LogP contribution in [0.5, 0.6) is 5.75 Å². The Bertz CT molecular complexity index is 732. The molecule has 8 nitrogen and oxygen atoms in total. The van der Waals surface area contributed by atoms with Crippen LogP contribution in [-0.2, 0) is 11.3 Å². The number of hydrogen-bond acceptors (Lipinski definition) is 7. The molecule has 0 saturated carbocycles. The van der Waals surface area contributed by atoms with Gasteiger partial charge in [-0.2, -0.15) is 0 Å². The lowest BCUT2D eigenvalue weighted by molar-refractivity contribution is 0.0398. The van der Waals surface area contributed by atoms with Crippen LogP contribution in [0.1, 0.15) is 16.1 Å². The normalized spacial score (nSPS) is 14.6. The predicted octanol–water partition coefficient (Wildman–Crippen LogP) is 1.16. The number of carbonyl (C=O) groups excluding carboxylic acids is 1. The van der Waals surface area contributed by atoms with Gasteiger partial charge in [0.2, 0.25) is 0 Å². The molecule has 2 aromatic rings. The van der Waals surface area contributed by atoms with Crippen molar-refractivity contribution in [2.75, 3.05) is 51.8 Å². The summed E-state index contributed by atoms with van der Waals surface area (Å²) in [6, 6.07) is 7.56. The summed E-state index contributed by atoms with van der Waals surface area (Å²) >= 11 is 0. The van der Waals surface area contributed by atoms with E-state index >= 15 is 0 Å². The van der Waals surface area contributed by atoms with Crippen molar-refractivity contribution >= 4 is 11.7 Å². The minimum absolute atomic E-state index is 0.270. The highest BCUT2D eigenvalue weighted by molar-refractivity contribution is 5.92. The van der Waals surface area contributed by atoms with Crippen LogP contribution in [0, 0.1) is 0 Å². The Morgan fingerprint density at radius 3 is 2.78 bits per heavy atom. The lowest BCUT2D eigenvalue weighted by Gasteiger charge is -2.26. The maximum absolute atomic E-state index is 12.3. The molecule has 2 heterocycles. The van der Waals surface area contributed by atoms with Crippen LogP contribution in [0.25, 0.3) is 0 Å². The number of anilines is 1. The number of carbonyl (C=O) groups is 1. The summed E-state index contributed by atoms with van der Waals surface area (Å²) in [6.45, 7) is 5.55. The van der Waals surface area contributed by atoms with Gasteiger partial charge in [0.15, 0.2) is 0 Å². The van der Waals surface area contributed by atoms with Gasteiger partial charge in [-0.1, -0.05) is 18.2 Å². The monoisotopic (exact) mass is 371 g/mol. The van der Waals surface area contributed by atoms with Gasteiger partial charge in [0.25, 0.3) is 5.91 Å². The summed E-state index contributed by atoms with van der Waals surface area (Å²) in [4.78, 5) is 23.1. The van der Waals surface area contributed by atoms with E-state index in [0.717, 1.165) is 50.7 Å². The molecule has 0 radical (unpaired) electrons. The van der Waals surface area contributed by atoms with E-state index in [-0.39, 0.29) is 11.6 Å². The Balaban J connectivity index is 1.45. The molecule has 27 heavy (non-hydrogen) atoms. The van der Waals surface area contributed by atoms with Crippen LogP contribution in [0.2, 0.25) is 0 Å². The second kappa shape index (κ2) is 9.84. The smallest absolute Gasteiger partial charge is 0.271 e. The molecule has 0 spiro atoms. The fourth-order valence-electron chi connectivity index (χ4n) is 2.82. The SMILES string of the molecule is COc1ccccc1CNC(=O)c1cnc(NCCN2CCOCC2)cn1. The van der Waals surface area contributed by atoms with Crippen molar-refractivity contribution in [3.05, 3.63) is 47.9 Å². The van der Waals surface area contributed by atoms with Gasteiger partial charge in [0.1, 0.15) is 17.3 Å². The van der Waals surface area contributed by atoms with Crippen LogP contribution in [0.3, 0.4) is 0 Å². The molecule has 0 unspecified atom stereocenters. The van der Waals surface area contributed by atoms with Gasteiger partial charge in [-0.3, -0.25) is 9.69 Å². The molecule has 1 saturated heterocycles. The molecule has 0 atom stereocenters. The van der Waals surface area contributed by atoms with Gasteiger partial charge in [0, 0.05) is 38.3 Å². The van der Waals surface area contributed by atoms with Crippen molar-refractivity contribution < 1.29 is 14.3 Å². The number of aromatic nitrogens is 2. The lowest BCUT2D eigenvalue weighted by Crippen LogP contribution is -2.39. The van der Waals surface area contributed by atoms with Crippen LogP contribution in [0.4, 0.5) is 5.82 Å². The summed E-state index contributed by atoms with van der Waals surface area (Å²) in [5, 5.41) is 6.06. The second-order valence-electron chi connectivity index (χ2n) is 6.16. The highest BCUT2D eigenvalue weighted by Gasteiger charge is 2.11. The number of rotatable bonds is 8. The first-order chi connectivity index (χ1) is 13.3. The minimum atomic E-state index is -0.270. The molecule has 1 fully saturated rings. The second-order valence-corrected chi connectivity index (χ2v) is 6.16. The number of hydrogen-bond donors (Lipinski definition) is 2. The number of benzene rings is 1. The summed E-state index contributed by atoms with van der Waals surface area (Å²) in [5.74, 6) is 1.13. The maximum Gasteiger partial charge on any atom is 0.271 e. The van der Waals surface area contributed by atoms with Gasteiger partial charge in [-0.15, -0.1) is 0 Å². The minimum Gasteiger partial charge on any atom is -0.496 e. The molecule has 0 bridgehead atoms. The quantitative estimate of drug-likeness (QED) is 0.720. The molecule has 0 aliphatic carbocycles. The van der Waals surface area contributed by atoms with Crippen LogP contribution in [0.15, 0.2) is 36.7 Å². The Morgan fingerprint density at radius 2 is 2.04 bits per heavy atom. The fraction of sp³-hybridized carbons (Fsp3) is 0.421. The van der Waals surface area contributed by atoms with Gasteiger partial charge in [-0.25, -0.2) is 9.97 Å². The average Bonchev–Trinajstić information content (AvgIpc) is 2.73. The number of amides is 1. The zero-order valence-electron chi connectivity index (χ0n) is 15.5. The third kappa shape index (κ3) is 5.63. The Labute approximate surface area is 158 Å². The molecule has 8 heteroatoms. The molecule has 1 aliphatic rings. The van der Waals surface area contributed by atoms with Gasteiger partial charge in [-0.05, 0) is 6.07 Å². The van der Waals surface area contributed by atoms with Gasteiger partial charge >= 0.3 is 0 Å². The number of nitrogens with one attached hydrogen (secondary N) is 2. The molecule has 1 aromatic carbocycles. The van der Waals surface area contributed by atoms with Crippen LogP contribution in [-0.4, -0.2) is 67.3 Å². The number of ether oxygens (including phenoxy) is 2. The predicted molar refractivity (Wildman–Crippen MR) is 102 cm³/mol. The maximum atomic E-state index is 12.3. The first kappa shape index (κ1) is 19.1. The molecular weight excluding hydrogens is 346 g/mol. The number of nitrogens with zero attached hydrogens (tertiary/aromatic N) is 3. The molecule has 144 valence electrons. The molecule has 3 rings (SSSR count). The van der Waals surface area contributed by atoms with E-state index in [4.69, 9.17) is 9.47 Å². The molecule has 1 aliphatic heterocycles. The van der Waals surface area contributed by atoms with Crippen LogP contribution < -0.4 is 15.4 Å². The lowest BCUT2D eigenvalue weighted by atomic mass is 10.2. The topological polar surface area (TPSA) is 88.6 Å². The van der Waals surface area contributed by atoms with Crippen LogP contribution >= 0.6 is 0 Å². The van der Waals surface area contributed by atoms with Crippen molar-refractivity contribution in [1.82, 2.24) is 20.2 Å². The summed E-state index contributed by atoms with van der Waals surface area (Å²) in [7, 11) is 1.61. The molecule has 1 aromatic heterocycles. The Hall–Kier alpha value is -2.71. The fourth-order valence-corrected chi connectivity index (χ4v) is 2.82. The van der Waals surface area contributed by atoms with Crippen molar-refractivity contribution in [1.29, 1.82) is 0 Å². The largest absolute Gasteiger partial charge is 0.496 e. The Kier molecular flexibility index (Phi) is 6.95. The molecule has 2 N–H and O–H groups in total. The van der Waals surface area contributed by atoms with Crippen molar-refractivity contribution in [2.45, 2.75) is 6.54 Å². The number of morpholine rings is 1. The summed E-state index contributed by atoms with van der Waals surface area (Å²) in [5.41, 5.74) is 1.19. The third-order valence-corrected chi connectivity index (χ3v) is 4.35. The van der Waals surface area contributed by atoms with E-state index < -0.39 is 0 Å². The van der Waals surface area contributed by atoms with Crippen molar-refractivity contribution in [3.8, 4) is 5.75 Å². The number of para-hydroxylation sites is 1. The first-order valence-electron chi connectivity index (χ1n) is 9.02. The average molecular weight is 371 g/mol. The standard InChI is InChI=1S/C19H25N5O3/c1-26-17-5-3-2-4-15(17)12-23-19(25)16-13-22-18(14-21-16)20-6-7-24-8-10-27-11-9-24/h2-5,13-14H,6-12H2,1H3,(H,20,22)(H,23,25). The zero-order valence-corrected chi connectivity index (χ0v) is 15.5. The van der Waals surface area contributed by atoms with E-state index in [1.807, 2.05) is 24.3 Å². The van der Waals surface area contributed by atoms with E-state index in [1.165, 1.54) is 6.20 Å². The van der Waals surface area contributed by atoms with Crippen molar-refractivity contribution in [3.63, 3.8) is 0 Å². The van der Waals surface area contributed by atoms with E-state index in [1.54, 1.807) is 13.3 Å². The summed E-state index contributed by atoms with van der Waals surface area (Å²) < 4.78 is 10.6. The third-order valence-electron chi connectivity index (χ3n) is 4.35. The highest BCUT2D eigenvalue weighted by atomic mass is 16.5. The van der Waals surface area contributed by atoms with Gasteiger partial charge in [0.05, 0.1) is 32.7 Å².